The summed E-state index contributed by atoms with van der Waals surface area (Å²) in [5.74, 6) is 1.62. The number of piperazine rings is 1. The lowest BCUT2D eigenvalue weighted by atomic mass is 10.2. The number of thiazole rings is 1. The van der Waals surface area contributed by atoms with E-state index in [1.807, 2.05) is 28.5 Å². The number of halogens is 1. The topological polar surface area (TPSA) is 70.6 Å². The van der Waals surface area contributed by atoms with Crippen molar-refractivity contribution in [1.29, 1.82) is 0 Å². The summed E-state index contributed by atoms with van der Waals surface area (Å²) in [6.07, 6.45) is 1.87. The fraction of sp³-hybridized carbons (Fsp3) is 0.286. The first-order valence-electron chi connectivity index (χ1n) is 9.61. The minimum Gasteiger partial charge on any atom is -0.495 e. The summed E-state index contributed by atoms with van der Waals surface area (Å²) >= 11 is 7.31. The average molecular weight is 444 g/mol. The highest BCUT2D eigenvalue weighted by Gasteiger charge is 2.23. The SMILES string of the molecule is COc1ccccc1N1CCN(C(=O)Cc2csc(Nc3ccc(Cl)cn3)n2)CC1. The Morgan fingerprint density at radius 1 is 1.20 bits per heavy atom. The number of carbonyl (C=O) groups is 1. The number of carbonyl (C=O) groups excluding carboxylic acids is 1. The van der Waals surface area contributed by atoms with Crippen LogP contribution in [0.5, 0.6) is 5.75 Å². The monoisotopic (exact) mass is 443 g/mol. The number of nitrogens with one attached hydrogen (secondary N) is 1. The van der Waals surface area contributed by atoms with Crippen molar-refractivity contribution in [2.75, 3.05) is 43.5 Å². The van der Waals surface area contributed by atoms with Crippen LogP contribution < -0.4 is 15.0 Å². The lowest BCUT2D eigenvalue weighted by Crippen LogP contribution is -2.49. The molecule has 30 heavy (non-hydrogen) atoms. The molecule has 156 valence electrons. The van der Waals surface area contributed by atoms with E-state index >= 15 is 0 Å². The van der Waals surface area contributed by atoms with Gasteiger partial charge in [-0.05, 0) is 24.3 Å². The highest BCUT2D eigenvalue weighted by Crippen LogP contribution is 2.28. The molecule has 0 spiro atoms. The maximum atomic E-state index is 12.7. The fourth-order valence-electron chi connectivity index (χ4n) is 3.36. The smallest absolute Gasteiger partial charge is 0.228 e. The van der Waals surface area contributed by atoms with Crippen LogP contribution in [0.1, 0.15) is 5.69 Å². The van der Waals surface area contributed by atoms with Gasteiger partial charge in [0.1, 0.15) is 11.6 Å². The van der Waals surface area contributed by atoms with Crippen molar-refractivity contribution in [3.63, 3.8) is 0 Å². The number of benzene rings is 1. The summed E-state index contributed by atoms with van der Waals surface area (Å²) in [6.45, 7) is 2.91. The third-order valence-corrected chi connectivity index (χ3v) is 5.93. The van der Waals surface area contributed by atoms with Crippen LogP contribution in [0.15, 0.2) is 48.0 Å². The molecule has 3 heterocycles. The third kappa shape index (κ3) is 4.83. The Balaban J connectivity index is 1.31. The van der Waals surface area contributed by atoms with E-state index < -0.39 is 0 Å². The number of rotatable bonds is 6. The largest absolute Gasteiger partial charge is 0.495 e. The third-order valence-electron chi connectivity index (χ3n) is 4.90. The van der Waals surface area contributed by atoms with Crippen molar-refractivity contribution in [3.05, 3.63) is 58.7 Å². The number of methoxy groups -OCH3 is 1. The molecule has 1 saturated heterocycles. The van der Waals surface area contributed by atoms with E-state index in [4.69, 9.17) is 16.3 Å². The van der Waals surface area contributed by atoms with Gasteiger partial charge in [0.2, 0.25) is 5.91 Å². The second-order valence-electron chi connectivity index (χ2n) is 6.85. The Bertz CT molecular complexity index is 1000. The number of pyridine rings is 1. The Morgan fingerprint density at radius 2 is 2.00 bits per heavy atom. The van der Waals surface area contributed by atoms with Gasteiger partial charge >= 0.3 is 0 Å². The molecule has 2 aromatic heterocycles. The molecule has 9 heteroatoms. The average Bonchev–Trinajstić information content (AvgIpc) is 3.22. The van der Waals surface area contributed by atoms with Gasteiger partial charge in [-0.1, -0.05) is 23.7 Å². The number of nitrogens with zero attached hydrogens (tertiary/aromatic N) is 4. The molecule has 1 aliphatic rings. The number of hydrogen-bond donors (Lipinski definition) is 1. The standard InChI is InChI=1S/C21H22ClN5O2S/c1-29-18-5-3-2-4-17(18)26-8-10-27(11-9-26)20(28)12-16-14-30-21(24-16)25-19-7-6-15(22)13-23-19/h2-7,13-14H,8-12H2,1H3,(H,23,24,25). The van der Waals surface area contributed by atoms with Crippen LogP contribution in [0.4, 0.5) is 16.6 Å². The van der Waals surface area contributed by atoms with Crippen LogP contribution in [0.25, 0.3) is 0 Å². The second-order valence-corrected chi connectivity index (χ2v) is 8.14. The summed E-state index contributed by atoms with van der Waals surface area (Å²) in [7, 11) is 1.68. The molecule has 0 saturated carbocycles. The maximum Gasteiger partial charge on any atom is 0.228 e. The molecular weight excluding hydrogens is 422 g/mol. The highest BCUT2D eigenvalue weighted by atomic mass is 35.5. The normalized spacial score (nSPS) is 13.9. The number of aromatic nitrogens is 2. The van der Waals surface area contributed by atoms with Crippen molar-refractivity contribution in [3.8, 4) is 5.75 Å². The Hall–Kier alpha value is -2.84. The van der Waals surface area contributed by atoms with Crippen LogP contribution in [0.3, 0.4) is 0 Å². The van der Waals surface area contributed by atoms with Gasteiger partial charge < -0.3 is 19.9 Å². The van der Waals surface area contributed by atoms with E-state index in [0.29, 0.717) is 35.5 Å². The van der Waals surface area contributed by atoms with Crippen molar-refractivity contribution in [2.45, 2.75) is 6.42 Å². The number of para-hydroxylation sites is 2. The zero-order chi connectivity index (χ0) is 20.9. The second kappa shape index (κ2) is 9.32. The van der Waals surface area contributed by atoms with E-state index in [0.717, 1.165) is 30.2 Å². The summed E-state index contributed by atoms with van der Waals surface area (Å²) < 4.78 is 5.46. The Labute approximate surface area is 184 Å². The summed E-state index contributed by atoms with van der Waals surface area (Å²) in [5.41, 5.74) is 1.83. The van der Waals surface area contributed by atoms with Gasteiger partial charge in [-0.2, -0.15) is 0 Å². The Morgan fingerprint density at radius 3 is 2.73 bits per heavy atom. The molecule has 7 nitrogen and oxygen atoms in total. The van der Waals surface area contributed by atoms with Crippen molar-refractivity contribution >= 4 is 45.5 Å². The van der Waals surface area contributed by atoms with Gasteiger partial charge in [-0.3, -0.25) is 4.79 Å². The first-order valence-corrected chi connectivity index (χ1v) is 10.9. The first kappa shape index (κ1) is 20.4. The zero-order valence-corrected chi connectivity index (χ0v) is 18.1. The molecule has 0 atom stereocenters. The molecule has 0 unspecified atom stereocenters. The Kier molecular flexibility index (Phi) is 6.35. The molecule has 1 aromatic carbocycles. The van der Waals surface area contributed by atoms with Crippen molar-refractivity contribution < 1.29 is 9.53 Å². The molecule has 0 radical (unpaired) electrons. The van der Waals surface area contributed by atoms with Gasteiger partial charge in [-0.25, -0.2) is 9.97 Å². The van der Waals surface area contributed by atoms with E-state index in [9.17, 15) is 4.79 Å². The van der Waals surface area contributed by atoms with Gasteiger partial charge in [0.05, 0.1) is 29.9 Å². The predicted octanol–water partition coefficient (Wildman–Crippen LogP) is 3.84. The summed E-state index contributed by atoms with van der Waals surface area (Å²) in [4.78, 5) is 25.6. The minimum atomic E-state index is 0.0937. The van der Waals surface area contributed by atoms with E-state index in [2.05, 4.69) is 26.3 Å². The van der Waals surface area contributed by atoms with Crippen LogP contribution in [-0.2, 0) is 11.2 Å². The molecule has 1 N–H and O–H groups in total. The number of hydrogen-bond acceptors (Lipinski definition) is 7. The molecule has 4 rings (SSSR count). The number of amides is 1. The predicted molar refractivity (Wildman–Crippen MR) is 120 cm³/mol. The zero-order valence-electron chi connectivity index (χ0n) is 16.5. The van der Waals surface area contributed by atoms with Crippen LogP contribution in [0.2, 0.25) is 5.02 Å². The number of anilines is 3. The van der Waals surface area contributed by atoms with E-state index in [1.165, 1.54) is 11.3 Å². The summed E-state index contributed by atoms with van der Waals surface area (Å²) in [5, 5.41) is 6.32. The lowest BCUT2D eigenvalue weighted by molar-refractivity contribution is -0.130. The van der Waals surface area contributed by atoms with Gasteiger partial charge in [-0.15, -0.1) is 11.3 Å². The fourth-order valence-corrected chi connectivity index (χ4v) is 4.19. The molecular formula is C21H22ClN5O2S. The first-order chi connectivity index (χ1) is 14.6. The highest BCUT2D eigenvalue weighted by molar-refractivity contribution is 7.13. The molecule has 3 aromatic rings. The molecule has 1 amide bonds. The minimum absolute atomic E-state index is 0.0937. The molecule has 0 aliphatic carbocycles. The van der Waals surface area contributed by atoms with Crippen molar-refractivity contribution in [1.82, 2.24) is 14.9 Å². The van der Waals surface area contributed by atoms with Gasteiger partial charge in [0.25, 0.3) is 0 Å². The van der Waals surface area contributed by atoms with E-state index in [-0.39, 0.29) is 5.91 Å². The van der Waals surface area contributed by atoms with E-state index in [1.54, 1.807) is 25.4 Å². The van der Waals surface area contributed by atoms with Gasteiger partial charge in [0, 0.05) is 37.8 Å². The van der Waals surface area contributed by atoms with Crippen LogP contribution in [0, 0.1) is 0 Å². The van der Waals surface area contributed by atoms with Crippen LogP contribution >= 0.6 is 22.9 Å². The van der Waals surface area contributed by atoms with Crippen LogP contribution in [-0.4, -0.2) is 54.1 Å². The quantitative estimate of drug-likeness (QED) is 0.624. The molecule has 1 fully saturated rings. The van der Waals surface area contributed by atoms with Crippen molar-refractivity contribution in [2.24, 2.45) is 0 Å². The lowest BCUT2D eigenvalue weighted by Gasteiger charge is -2.36. The molecule has 0 bridgehead atoms. The molecule has 1 aliphatic heterocycles. The van der Waals surface area contributed by atoms with Gasteiger partial charge in [0.15, 0.2) is 5.13 Å². The summed E-state index contributed by atoms with van der Waals surface area (Å²) in [6, 6.07) is 11.5. The maximum absolute atomic E-state index is 12.7. The number of ether oxygens (including phenoxy) is 1.